The van der Waals surface area contributed by atoms with E-state index in [2.05, 4.69) is 28.2 Å². The predicted molar refractivity (Wildman–Crippen MR) is 77.8 cm³/mol. The normalized spacial score (nSPS) is 11.7. The van der Waals surface area contributed by atoms with Gasteiger partial charge in [0, 0.05) is 38.6 Å². The topological polar surface area (TPSA) is 29.3 Å². The zero-order valence-electron chi connectivity index (χ0n) is 12.0. The van der Waals surface area contributed by atoms with Crippen molar-refractivity contribution in [3.8, 4) is 0 Å². The quantitative estimate of drug-likeness (QED) is 0.839. The molecule has 2 heterocycles. The largest absolute Gasteiger partial charge is 0.469 e. The van der Waals surface area contributed by atoms with E-state index in [1.165, 1.54) is 16.7 Å². The molecule has 0 saturated carbocycles. The van der Waals surface area contributed by atoms with E-state index in [0.29, 0.717) is 0 Å². The van der Waals surface area contributed by atoms with Crippen LogP contribution in [0.15, 0.2) is 41.3 Å². The lowest BCUT2D eigenvalue weighted by molar-refractivity contribution is 0.530. The molecule has 2 rings (SSSR count). The van der Waals surface area contributed by atoms with Crippen LogP contribution >= 0.6 is 0 Å². The molecule has 0 unspecified atom stereocenters. The highest BCUT2D eigenvalue weighted by Gasteiger charge is 2.08. The van der Waals surface area contributed by atoms with Gasteiger partial charge >= 0.3 is 0 Å². The molecule has 2 aromatic rings. The minimum atomic E-state index is 0.865. The van der Waals surface area contributed by atoms with Crippen LogP contribution in [-0.2, 0) is 6.42 Å². The van der Waals surface area contributed by atoms with Gasteiger partial charge in [-0.2, -0.15) is 0 Å². The van der Waals surface area contributed by atoms with Crippen LogP contribution in [0.4, 0.5) is 0 Å². The molecule has 0 aliphatic heterocycles. The smallest absolute Gasteiger partial charge is 0.104 e. The number of nitrogens with zero attached hydrogens (tertiary/aromatic N) is 2. The van der Waals surface area contributed by atoms with E-state index in [4.69, 9.17) is 4.42 Å². The van der Waals surface area contributed by atoms with Gasteiger partial charge in [-0.25, -0.2) is 0 Å². The van der Waals surface area contributed by atoms with E-state index in [-0.39, 0.29) is 0 Å². The fraction of sp³-hybridized carbons (Fsp3) is 0.312. The van der Waals surface area contributed by atoms with Crippen molar-refractivity contribution in [2.75, 3.05) is 14.1 Å². The third-order valence-corrected chi connectivity index (χ3v) is 3.03. The van der Waals surface area contributed by atoms with Crippen LogP contribution in [0.25, 0.3) is 5.57 Å². The third kappa shape index (κ3) is 3.47. The second kappa shape index (κ2) is 5.74. The van der Waals surface area contributed by atoms with Crippen molar-refractivity contribution in [2.24, 2.45) is 0 Å². The summed E-state index contributed by atoms with van der Waals surface area (Å²) in [6, 6.07) is 6.20. The number of furan rings is 1. The summed E-state index contributed by atoms with van der Waals surface area (Å²) in [5, 5.41) is 0. The van der Waals surface area contributed by atoms with E-state index in [1.54, 1.807) is 6.26 Å². The van der Waals surface area contributed by atoms with Gasteiger partial charge in [0.2, 0.25) is 0 Å². The molecular formula is C16H20N2O. The second-order valence-electron chi connectivity index (χ2n) is 4.98. The molecule has 0 radical (unpaired) electrons. The highest BCUT2D eigenvalue weighted by atomic mass is 16.3. The molecule has 0 bridgehead atoms. The zero-order valence-corrected chi connectivity index (χ0v) is 12.0. The summed E-state index contributed by atoms with van der Waals surface area (Å²) < 4.78 is 5.38. The number of hydrogen-bond acceptors (Lipinski definition) is 3. The Hall–Kier alpha value is -2.03. The minimum absolute atomic E-state index is 0.865. The second-order valence-corrected chi connectivity index (χ2v) is 4.98. The van der Waals surface area contributed by atoms with Crippen LogP contribution in [-0.4, -0.2) is 24.0 Å². The lowest BCUT2D eigenvalue weighted by Gasteiger charge is -2.13. The lowest BCUT2D eigenvalue weighted by Crippen LogP contribution is -2.04. The summed E-state index contributed by atoms with van der Waals surface area (Å²) in [5.74, 6) is 0.982. The molecule has 0 aliphatic rings. The Morgan fingerprint density at radius 3 is 2.68 bits per heavy atom. The minimum Gasteiger partial charge on any atom is -0.469 e. The Morgan fingerprint density at radius 2 is 2.11 bits per heavy atom. The van der Waals surface area contributed by atoms with E-state index in [9.17, 15) is 0 Å². The van der Waals surface area contributed by atoms with Crippen molar-refractivity contribution in [1.82, 2.24) is 9.88 Å². The number of hydrogen-bond donors (Lipinski definition) is 0. The molecule has 0 fully saturated rings. The predicted octanol–water partition coefficient (Wildman–Crippen LogP) is 3.44. The van der Waals surface area contributed by atoms with Crippen LogP contribution in [0.5, 0.6) is 0 Å². The highest BCUT2D eigenvalue weighted by Crippen LogP contribution is 2.22. The van der Waals surface area contributed by atoms with Crippen LogP contribution in [0.2, 0.25) is 0 Å². The van der Waals surface area contributed by atoms with Gasteiger partial charge in [-0.1, -0.05) is 0 Å². The Balaban J connectivity index is 2.35. The number of allylic oxidation sites excluding steroid dienone is 1. The van der Waals surface area contributed by atoms with Gasteiger partial charge in [0.25, 0.3) is 0 Å². The summed E-state index contributed by atoms with van der Waals surface area (Å²) in [7, 11) is 4.08. The highest BCUT2D eigenvalue weighted by molar-refractivity contribution is 5.67. The standard InChI is InChI=1S/C16H20N2O/c1-12-9-15(5-7-17-12)16(11-18(3)4)10-14-6-8-19-13(14)2/h5-9,11H,10H2,1-4H3. The van der Waals surface area contributed by atoms with E-state index in [0.717, 1.165) is 17.9 Å². The maximum Gasteiger partial charge on any atom is 0.104 e. The first-order valence-corrected chi connectivity index (χ1v) is 6.39. The monoisotopic (exact) mass is 256 g/mol. The van der Waals surface area contributed by atoms with E-state index >= 15 is 0 Å². The Bertz CT molecular complexity index is 582. The SMILES string of the molecule is Cc1cc(C(=CN(C)C)Cc2ccoc2C)ccn1. The Kier molecular flexibility index (Phi) is 4.05. The number of rotatable bonds is 4. The molecular weight excluding hydrogens is 236 g/mol. The van der Waals surface area contributed by atoms with Crippen molar-refractivity contribution in [1.29, 1.82) is 0 Å². The fourth-order valence-electron chi connectivity index (χ4n) is 2.08. The average molecular weight is 256 g/mol. The van der Waals surface area contributed by atoms with E-state index in [1.807, 2.05) is 40.2 Å². The van der Waals surface area contributed by atoms with Crippen molar-refractivity contribution < 1.29 is 4.42 Å². The molecule has 0 amide bonds. The molecule has 3 nitrogen and oxygen atoms in total. The molecule has 0 aromatic carbocycles. The van der Waals surface area contributed by atoms with Crippen LogP contribution < -0.4 is 0 Å². The van der Waals surface area contributed by atoms with Crippen molar-refractivity contribution >= 4 is 5.57 Å². The first-order chi connectivity index (χ1) is 9.06. The maximum atomic E-state index is 5.38. The molecule has 3 heteroatoms. The van der Waals surface area contributed by atoms with Gasteiger partial charge < -0.3 is 9.32 Å². The van der Waals surface area contributed by atoms with Gasteiger partial charge in [-0.15, -0.1) is 0 Å². The van der Waals surface area contributed by atoms with Crippen molar-refractivity contribution in [3.63, 3.8) is 0 Å². The van der Waals surface area contributed by atoms with Gasteiger partial charge in [-0.05, 0) is 48.7 Å². The molecule has 0 saturated heterocycles. The average Bonchev–Trinajstić information content (AvgIpc) is 2.74. The molecule has 0 atom stereocenters. The number of aromatic nitrogens is 1. The van der Waals surface area contributed by atoms with E-state index < -0.39 is 0 Å². The molecule has 0 spiro atoms. The molecule has 100 valence electrons. The Labute approximate surface area is 114 Å². The summed E-state index contributed by atoms with van der Waals surface area (Å²) >= 11 is 0. The van der Waals surface area contributed by atoms with Crippen molar-refractivity contribution in [2.45, 2.75) is 20.3 Å². The van der Waals surface area contributed by atoms with Gasteiger partial charge in [0.15, 0.2) is 0 Å². The number of pyridine rings is 1. The van der Waals surface area contributed by atoms with Gasteiger partial charge in [-0.3, -0.25) is 4.98 Å². The lowest BCUT2D eigenvalue weighted by atomic mass is 9.99. The Morgan fingerprint density at radius 1 is 1.32 bits per heavy atom. The maximum absolute atomic E-state index is 5.38. The first-order valence-electron chi connectivity index (χ1n) is 6.39. The van der Waals surface area contributed by atoms with Gasteiger partial charge in [0.1, 0.15) is 5.76 Å². The zero-order chi connectivity index (χ0) is 13.8. The first kappa shape index (κ1) is 13.4. The van der Waals surface area contributed by atoms with Crippen molar-refractivity contribution in [3.05, 3.63) is 59.4 Å². The summed E-state index contributed by atoms with van der Waals surface area (Å²) in [6.45, 7) is 4.01. The molecule has 0 N–H and O–H groups in total. The van der Waals surface area contributed by atoms with Gasteiger partial charge in [0.05, 0.1) is 6.26 Å². The summed E-state index contributed by atoms with van der Waals surface area (Å²) in [6.07, 6.45) is 6.62. The summed E-state index contributed by atoms with van der Waals surface area (Å²) in [5.41, 5.74) is 4.73. The third-order valence-electron chi connectivity index (χ3n) is 3.03. The molecule has 0 aliphatic carbocycles. The van der Waals surface area contributed by atoms with Crippen LogP contribution in [0.3, 0.4) is 0 Å². The van der Waals surface area contributed by atoms with Crippen LogP contribution in [0, 0.1) is 13.8 Å². The fourth-order valence-corrected chi connectivity index (χ4v) is 2.08. The molecule has 19 heavy (non-hydrogen) atoms. The molecule has 2 aromatic heterocycles. The van der Waals surface area contributed by atoms with Crippen LogP contribution in [0.1, 0.15) is 22.6 Å². The number of aryl methyl sites for hydroxylation is 2. The summed E-state index contributed by atoms with van der Waals surface area (Å²) in [4.78, 5) is 6.33.